The third-order valence-electron chi connectivity index (χ3n) is 3.87. The molecule has 1 aliphatic carbocycles. The van der Waals surface area contributed by atoms with Gasteiger partial charge in [0.25, 0.3) is 0 Å². The lowest BCUT2D eigenvalue weighted by molar-refractivity contribution is 0.419. The largest absolute Gasteiger partial charge is 0.271 e. The van der Waals surface area contributed by atoms with Gasteiger partial charge in [0.15, 0.2) is 0 Å². The van der Waals surface area contributed by atoms with Crippen LogP contribution in [0.25, 0.3) is 0 Å². The van der Waals surface area contributed by atoms with Crippen LogP contribution in [0, 0.1) is 0 Å². The smallest absolute Gasteiger partial charge is 0.0897 e. The maximum atomic E-state index is 5.69. The van der Waals surface area contributed by atoms with E-state index in [-0.39, 0.29) is 6.04 Å². The molecule has 1 aromatic heterocycles. The molecule has 2 aromatic rings. The SMILES string of the molecule is NNC(c1cccc(C2CCC2)c1)c1cnccn1. The Morgan fingerprint density at radius 2 is 2.16 bits per heavy atom. The number of nitrogens with two attached hydrogens (primary N) is 1. The van der Waals surface area contributed by atoms with E-state index in [1.165, 1.54) is 24.8 Å². The van der Waals surface area contributed by atoms with Crippen LogP contribution in [0.1, 0.15) is 48.0 Å². The maximum absolute atomic E-state index is 5.69. The molecule has 1 unspecified atom stereocenters. The van der Waals surface area contributed by atoms with Crippen LogP contribution < -0.4 is 11.3 Å². The molecule has 1 atom stereocenters. The lowest BCUT2D eigenvalue weighted by Crippen LogP contribution is -2.29. The van der Waals surface area contributed by atoms with E-state index in [0.29, 0.717) is 0 Å². The van der Waals surface area contributed by atoms with Gasteiger partial charge in [-0.25, -0.2) is 5.43 Å². The second kappa shape index (κ2) is 5.47. The van der Waals surface area contributed by atoms with Gasteiger partial charge in [0.05, 0.1) is 17.9 Å². The number of benzene rings is 1. The van der Waals surface area contributed by atoms with Gasteiger partial charge in [-0.1, -0.05) is 30.7 Å². The molecule has 0 aliphatic heterocycles. The molecule has 0 saturated heterocycles. The van der Waals surface area contributed by atoms with Crippen LogP contribution in [0.3, 0.4) is 0 Å². The first-order valence-electron chi connectivity index (χ1n) is 6.70. The molecule has 0 amide bonds. The number of hydrogen-bond donors (Lipinski definition) is 2. The molecule has 3 rings (SSSR count). The number of nitrogens with one attached hydrogen (secondary N) is 1. The molecule has 1 heterocycles. The van der Waals surface area contributed by atoms with Crippen LogP contribution in [0.4, 0.5) is 0 Å². The van der Waals surface area contributed by atoms with Crippen molar-refractivity contribution >= 4 is 0 Å². The van der Waals surface area contributed by atoms with Crippen molar-refractivity contribution in [1.29, 1.82) is 0 Å². The second-order valence-electron chi connectivity index (χ2n) is 5.03. The summed E-state index contributed by atoms with van der Waals surface area (Å²) in [7, 11) is 0. The second-order valence-corrected chi connectivity index (χ2v) is 5.03. The Kier molecular flexibility index (Phi) is 3.53. The molecule has 19 heavy (non-hydrogen) atoms. The van der Waals surface area contributed by atoms with Crippen molar-refractivity contribution < 1.29 is 0 Å². The van der Waals surface area contributed by atoms with E-state index < -0.39 is 0 Å². The van der Waals surface area contributed by atoms with Gasteiger partial charge < -0.3 is 0 Å². The van der Waals surface area contributed by atoms with E-state index in [4.69, 9.17) is 5.84 Å². The Hall–Kier alpha value is -1.78. The quantitative estimate of drug-likeness (QED) is 0.649. The van der Waals surface area contributed by atoms with Crippen molar-refractivity contribution in [3.05, 3.63) is 59.7 Å². The molecule has 3 N–H and O–H groups in total. The Bertz CT molecular complexity index is 537. The maximum Gasteiger partial charge on any atom is 0.0897 e. The summed E-state index contributed by atoms with van der Waals surface area (Å²) in [5.74, 6) is 6.41. The van der Waals surface area contributed by atoms with Gasteiger partial charge in [-0.3, -0.25) is 15.8 Å². The topological polar surface area (TPSA) is 63.8 Å². The van der Waals surface area contributed by atoms with Crippen LogP contribution in [0.15, 0.2) is 42.9 Å². The molecule has 1 fully saturated rings. The Balaban J connectivity index is 1.91. The first kappa shape index (κ1) is 12.3. The van der Waals surface area contributed by atoms with Crippen LogP contribution in [-0.2, 0) is 0 Å². The van der Waals surface area contributed by atoms with Gasteiger partial charge in [0, 0.05) is 12.4 Å². The molecular weight excluding hydrogens is 236 g/mol. The van der Waals surface area contributed by atoms with Crippen molar-refractivity contribution in [2.45, 2.75) is 31.2 Å². The molecular formula is C15H18N4. The van der Waals surface area contributed by atoms with Crippen LogP contribution >= 0.6 is 0 Å². The van der Waals surface area contributed by atoms with Crippen LogP contribution in [-0.4, -0.2) is 9.97 Å². The Labute approximate surface area is 113 Å². The monoisotopic (exact) mass is 254 g/mol. The number of aromatic nitrogens is 2. The summed E-state index contributed by atoms with van der Waals surface area (Å²) in [5.41, 5.74) is 6.23. The molecule has 1 aliphatic rings. The lowest BCUT2D eigenvalue weighted by atomic mass is 9.79. The highest BCUT2D eigenvalue weighted by atomic mass is 15.2. The Morgan fingerprint density at radius 1 is 1.26 bits per heavy atom. The van der Waals surface area contributed by atoms with Crippen molar-refractivity contribution in [2.24, 2.45) is 5.84 Å². The average Bonchev–Trinajstić information content (AvgIpc) is 2.39. The van der Waals surface area contributed by atoms with Crippen LogP contribution in [0.2, 0.25) is 0 Å². The average molecular weight is 254 g/mol. The molecule has 0 spiro atoms. The zero-order chi connectivity index (χ0) is 13.1. The number of hydrogen-bond acceptors (Lipinski definition) is 4. The highest BCUT2D eigenvalue weighted by Crippen LogP contribution is 2.37. The zero-order valence-electron chi connectivity index (χ0n) is 10.8. The van der Waals surface area contributed by atoms with E-state index in [9.17, 15) is 0 Å². The van der Waals surface area contributed by atoms with E-state index in [2.05, 4.69) is 39.7 Å². The highest BCUT2D eigenvalue weighted by molar-refractivity contribution is 5.33. The molecule has 0 bridgehead atoms. The van der Waals surface area contributed by atoms with Crippen molar-refractivity contribution in [2.75, 3.05) is 0 Å². The van der Waals surface area contributed by atoms with Gasteiger partial charge in [0.1, 0.15) is 0 Å². The fraction of sp³-hybridized carbons (Fsp3) is 0.333. The van der Waals surface area contributed by atoms with Crippen molar-refractivity contribution in [3.8, 4) is 0 Å². The number of hydrazine groups is 1. The normalized spacial score (nSPS) is 16.9. The van der Waals surface area contributed by atoms with E-state index >= 15 is 0 Å². The fourth-order valence-corrected chi connectivity index (χ4v) is 2.55. The van der Waals surface area contributed by atoms with Gasteiger partial charge in [0.2, 0.25) is 0 Å². The van der Waals surface area contributed by atoms with E-state index in [1.807, 2.05) is 0 Å². The van der Waals surface area contributed by atoms with Gasteiger partial charge in [-0.05, 0) is 29.9 Å². The summed E-state index contributed by atoms with van der Waals surface area (Å²) in [6.45, 7) is 0. The van der Waals surface area contributed by atoms with E-state index in [0.717, 1.165) is 17.2 Å². The van der Waals surface area contributed by atoms with Crippen molar-refractivity contribution in [1.82, 2.24) is 15.4 Å². The minimum Gasteiger partial charge on any atom is -0.271 e. The fourth-order valence-electron chi connectivity index (χ4n) is 2.55. The molecule has 1 saturated carbocycles. The van der Waals surface area contributed by atoms with Crippen LogP contribution in [0.5, 0.6) is 0 Å². The van der Waals surface area contributed by atoms with Gasteiger partial charge >= 0.3 is 0 Å². The minimum atomic E-state index is -0.103. The predicted molar refractivity (Wildman–Crippen MR) is 74.2 cm³/mol. The third-order valence-corrected chi connectivity index (χ3v) is 3.87. The number of rotatable bonds is 4. The summed E-state index contributed by atoms with van der Waals surface area (Å²) in [6, 6.07) is 8.53. The van der Waals surface area contributed by atoms with Gasteiger partial charge in [-0.2, -0.15) is 0 Å². The highest BCUT2D eigenvalue weighted by Gasteiger charge is 2.21. The molecule has 98 valence electrons. The first-order valence-corrected chi connectivity index (χ1v) is 6.70. The molecule has 4 nitrogen and oxygen atoms in total. The first-order chi connectivity index (χ1) is 9.38. The summed E-state index contributed by atoms with van der Waals surface area (Å²) in [4.78, 5) is 8.44. The minimum absolute atomic E-state index is 0.103. The summed E-state index contributed by atoms with van der Waals surface area (Å²) >= 11 is 0. The zero-order valence-corrected chi connectivity index (χ0v) is 10.8. The molecule has 1 aromatic carbocycles. The molecule has 0 radical (unpaired) electrons. The predicted octanol–water partition coefficient (Wildman–Crippen LogP) is 2.30. The molecule has 4 heteroatoms. The third kappa shape index (κ3) is 2.50. The lowest BCUT2D eigenvalue weighted by Gasteiger charge is -2.27. The van der Waals surface area contributed by atoms with Crippen molar-refractivity contribution in [3.63, 3.8) is 0 Å². The number of nitrogens with zero attached hydrogens (tertiary/aromatic N) is 2. The van der Waals surface area contributed by atoms with E-state index in [1.54, 1.807) is 18.6 Å². The standard InChI is InChI=1S/C15H18N4/c16-19-15(14-10-17-7-8-18-14)13-6-2-5-12(9-13)11-3-1-4-11/h2,5-11,15,19H,1,3-4,16H2. The summed E-state index contributed by atoms with van der Waals surface area (Å²) in [6.07, 6.45) is 9.06. The van der Waals surface area contributed by atoms with Gasteiger partial charge in [-0.15, -0.1) is 0 Å². The summed E-state index contributed by atoms with van der Waals surface area (Å²) in [5, 5.41) is 0. The summed E-state index contributed by atoms with van der Waals surface area (Å²) < 4.78 is 0. The Morgan fingerprint density at radius 3 is 2.79 bits per heavy atom.